The number of hydrogen-bond acceptors (Lipinski definition) is 2. The number of hydrogen-bond donors (Lipinski definition) is 1. The summed E-state index contributed by atoms with van der Waals surface area (Å²) in [4.78, 5) is 4.90. The molecule has 0 amide bonds. The molecule has 1 heterocycles. The Labute approximate surface area is 209 Å². The van der Waals surface area contributed by atoms with Crippen LogP contribution in [0.5, 0.6) is 0 Å². The normalized spacial score (nSPS) is 13.1. The fourth-order valence-electron chi connectivity index (χ4n) is 4.47. The largest absolute Gasteiger partial charge is 0.416 e. The molecular weight excluding hydrogens is 463 g/mol. The van der Waals surface area contributed by atoms with Gasteiger partial charge in [-0.15, -0.1) is 0 Å². The highest BCUT2D eigenvalue weighted by Crippen LogP contribution is 2.34. The van der Waals surface area contributed by atoms with E-state index in [0.29, 0.717) is 29.7 Å². The molecule has 0 aliphatic heterocycles. The van der Waals surface area contributed by atoms with Gasteiger partial charge < -0.3 is 14.2 Å². The van der Waals surface area contributed by atoms with Crippen LogP contribution in [0.4, 0.5) is 18.9 Å². The van der Waals surface area contributed by atoms with Gasteiger partial charge in [-0.1, -0.05) is 64.1 Å². The number of aliphatic hydroxyl groups excluding tert-OH is 1. The van der Waals surface area contributed by atoms with Crippen LogP contribution in [0, 0.1) is 0 Å². The van der Waals surface area contributed by atoms with Crippen LogP contribution < -0.4 is 5.62 Å². The fraction of sp³-hybridized carbons (Fsp3) is 0.345. The molecule has 0 saturated heterocycles. The van der Waals surface area contributed by atoms with Gasteiger partial charge in [0.25, 0.3) is 0 Å². The Morgan fingerprint density at radius 3 is 2.00 bits per heavy atom. The molecule has 0 bridgehead atoms. The van der Waals surface area contributed by atoms with E-state index in [1.807, 2.05) is 71.6 Å². The lowest BCUT2D eigenvalue weighted by Gasteiger charge is -2.18. The second kappa shape index (κ2) is 9.62. The van der Waals surface area contributed by atoms with Crippen molar-refractivity contribution in [3.05, 3.63) is 94.1 Å². The van der Waals surface area contributed by atoms with Gasteiger partial charge >= 0.3 is 6.18 Å². The summed E-state index contributed by atoms with van der Waals surface area (Å²) in [5.74, 6) is 0. The number of aryl methyl sites for hydroxylation is 2. The van der Waals surface area contributed by atoms with Gasteiger partial charge in [0.05, 0.1) is 35.4 Å². The first-order valence-corrected chi connectivity index (χ1v) is 12.1. The highest BCUT2D eigenvalue weighted by molar-refractivity contribution is 5.81. The first-order chi connectivity index (χ1) is 16.9. The van der Waals surface area contributed by atoms with E-state index in [4.69, 9.17) is 4.99 Å². The lowest BCUT2D eigenvalue weighted by atomic mass is 9.87. The molecule has 0 spiro atoms. The zero-order chi connectivity index (χ0) is 26.3. The van der Waals surface area contributed by atoms with Crippen LogP contribution in [0.2, 0.25) is 0 Å². The number of nitrogens with zero attached hydrogens (tertiary/aromatic N) is 3. The van der Waals surface area contributed by atoms with Gasteiger partial charge in [-0.05, 0) is 58.4 Å². The van der Waals surface area contributed by atoms with Crippen LogP contribution in [0.15, 0.2) is 65.7 Å². The number of imidazole rings is 1. The monoisotopic (exact) mass is 495 g/mol. The minimum absolute atomic E-state index is 0.00283. The van der Waals surface area contributed by atoms with Gasteiger partial charge in [0, 0.05) is 7.05 Å². The summed E-state index contributed by atoms with van der Waals surface area (Å²) in [6, 6.07) is 17.8. The van der Waals surface area contributed by atoms with Crippen molar-refractivity contribution in [1.82, 2.24) is 9.13 Å². The molecule has 1 N–H and O–H groups in total. The van der Waals surface area contributed by atoms with E-state index in [2.05, 4.69) is 20.8 Å². The molecule has 0 atom stereocenters. The zero-order valence-corrected chi connectivity index (χ0v) is 21.3. The van der Waals surface area contributed by atoms with Crippen molar-refractivity contribution < 1.29 is 18.3 Å². The molecule has 0 unspecified atom stereocenters. The minimum Gasteiger partial charge on any atom is -0.392 e. The summed E-state index contributed by atoms with van der Waals surface area (Å²) in [6.07, 6.45) is -3.99. The average Bonchev–Trinajstić information content (AvgIpc) is 3.09. The topological polar surface area (TPSA) is 42.5 Å². The zero-order valence-electron chi connectivity index (χ0n) is 21.3. The third kappa shape index (κ3) is 5.12. The van der Waals surface area contributed by atoms with Crippen LogP contribution in [-0.4, -0.2) is 14.2 Å². The number of aromatic nitrogens is 2. The van der Waals surface area contributed by atoms with Crippen molar-refractivity contribution in [3.63, 3.8) is 0 Å². The van der Waals surface area contributed by atoms with Crippen LogP contribution in [0.1, 0.15) is 55.5 Å². The summed E-state index contributed by atoms with van der Waals surface area (Å²) < 4.78 is 45.1. The molecule has 4 nitrogen and oxygen atoms in total. The van der Waals surface area contributed by atoms with E-state index in [1.165, 1.54) is 17.7 Å². The van der Waals surface area contributed by atoms with Crippen LogP contribution in [0.25, 0.3) is 11.0 Å². The number of benzene rings is 3. The number of aliphatic hydroxyl groups is 1. The van der Waals surface area contributed by atoms with Gasteiger partial charge in [-0.2, -0.15) is 13.2 Å². The minimum atomic E-state index is -4.45. The summed E-state index contributed by atoms with van der Waals surface area (Å²) in [5.41, 5.74) is 5.34. The maximum absolute atomic E-state index is 13.8. The fourth-order valence-corrected chi connectivity index (χ4v) is 4.47. The first-order valence-electron chi connectivity index (χ1n) is 12.1. The van der Waals surface area contributed by atoms with Crippen LogP contribution in [-0.2, 0) is 38.2 Å². The number of alkyl halides is 3. The predicted octanol–water partition coefficient (Wildman–Crippen LogP) is 6.63. The summed E-state index contributed by atoms with van der Waals surface area (Å²) in [5, 5.41) is 9.38. The van der Waals surface area contributed by atoms with Crippen molar-refractivity contribution in [2.75, 3.05) is 0 Å². The second-order valence-electron chi connectivity index (χ2n) is 10.2. The van der Waals surface area contributed by atoms with E-state index in [1.54, 1.807) is 0 Å². The Morgan fingerprint density at radius 2 is 1.47 bits per heavy atom. The van der Waals surface area contributed by atoms with E-state index < -0.39 is 11.7 Å². The van der Waals surface area contributed by atoms with Crippen LogP contribution >= 0.6 is 0 Å². The number of halogens is 3. The molecule has 190 valence electrons. The third-order valence-electron chi connectivity index (χ3n) is 6.55. The molecule has 0 radical (unpaired) electrons. The molecule has 4 rings (SSSR count). The van der Waals surface area contributed by atoms with Crippen molar-refractivity contribution in [2.24, 2.45) is 12.0 Å². The van der Waals surface area contributed by atoms with E-state index in [-0.39, 0.29) is 12.0 Å². The third-order valence-corrected chi connectivity index (χ3v) is 6.55. The first kappa shape index (κ1) is 25.8. The van der Waals surface area contributed by atoms with Crippen molar-refractivity contribution in [2.45, 2.75) is 58.9 Å². The molecular formula is C29H32F3N3O. The summed E-state index contributed by atoms with van der Waals surface area (Å²) >= 11 is 0. The molecule has 0 saturated carbocycles. The molecule has 36 heavy (non-hydrogen) atoms. The molecule has 1 aromatic heterocycles. The van der Waals surface area contributed by atoms with E-state index in [0.717, 1.165) is 22.3 Å². The number of fused-ring (bicyclic) bond motifs is 1. The summed E-state index contributed by atoms with van der Waals surface area (Å²) in [7, 11) is 1.85. The van der Waals surface area contributed by atoms with Gasteiger partial charge in [-0.3, -0.25) is 0 Å². The molecule has 0 aliphatic carbocycles. The van der Waals surface area contributed by atoms with Gasteiger partial charge in [0.1, 0.15) is 0 Å². The Morgan fingerprint density at radius 1 is 0.861 bits per heavy atom. The standard InChI is InChI=1S/C29H32F3N3O/c1-6-21-15-23(29(30,31)32)16-25-26(21)34(5)27(33-24-13-11-22(12-14-24)28(2,3)4)35(25)17-19-7-9-20(18-36)10-8-19/h7-16,36H,6,17-18H2,1-5H3. The molecule has 3 aromatic carbocycles. The Kier molecular flexibility index (Phi) is 6.88. The molecule has 0 aliphatic rings. The van der Waals surface area contributed by atoms with Gasteiger partial charge in [-0.25, -0.2) is 4.99 Å². The van der Waals surface area contributed by atoms with Crippen molar-refractivity contribution in [1.29, 1.82) is 0 Å². The van der Waals surface area contributed by atoms with Gasteiger partial charge in [0.15, 0.2) is 0 Å². The Balaban J connectivity index is 1.98. The average molecular weight is 496 g/mol. The lowest BCUT2D eigenvalue weighted by Crippen LogP contribution is -2.24. The van der Waals surface area contributed by atoms with Gasteiger partial charge in [0.2, 0.25) is 5.62 Å². The van der Waals surface area contributed by atoms with Crippen molar-refractivity contribution >= 4 is 16.7 Å². The molecule has 4 aromatic rings. The lowest BCUT2D eigenvalue weighted by molar-refractivity contribution is -0.137. The summed E-state index contributed by atoms with van der Waals surface area (Å²) in [6.45, 7) is 8.56. The van der Waals surface area contributed by atoms with E-state index >= 15 is 0 Å². The number of rotatable bonds is 5. The maximum Gasteiger partial charge on any atom is 0.416 e. The highest BCUT2D eigenvalue weighted by atomic mass is 19.4. The van der Waals surface area contributed by atoms with Crippen LogP contribution in [0.3, 0.4) is 0 Å². The highest BCUT2D eigenvalue weighted by Gasteiger charge is 2.32. The smallest absolute Gasteiger partial charge is 0.392 e. The quantitative estimate of drug-likeness (QED) is 0.332. The van der Waals surface area contributed by atoms with E-state index in [9.17, 15) is 18.3 Å². The SMILES string of the molecule is CCc1cc(C(F)(F)F)cc2c1n(C)c(=Nc1ccc(C(C)(C)C)cc1)n2Cc1ccc(CO)cc1. The predicted molar refractivity (Wildman–Crippen MR) is 137 cm³/mol. The van der Waals surface area contributed by atoms with Crippen molar-refractivity contribution in [3.8, 4) is 0 Å². The second-order valence-corrected chi connectivity index (χ2v) is 10.2. The Hall–Kier alpha value is -3.32. The Bertz CT molecular complexity index is 1440. The molecule has 0 fully saturated rings. The maximum atomic E-state index is 13.8. The molecule has 7 heteroatoms.